The Morgan fingerprint density at radius 1 is 1.21 bits per heavy atom. The van der Waals surface area contributed by atoms with Crippen molar-refractivity contribution in [2.24, 2.45) is 0 Å². The number of carbonyl (C=O) groups excluding carboxylic acids is 2. The normalized spacial score (nSPS) is 10.4. The van der Waals surface area contributed by atoms with E-state index in [1.165, 1.54) is 6.92 Å². The van der Waals surface area contributed by atoms with Crippen molar-refractivity contribution in [1.29, 1.82) is 0 Å². The third kappa shape index (κ3) is 4.36. The highest BCUT2D eigenvalue weighted by atomic mass is 79.9. The van der Waals surface area contributed by atoms with Gasteiger partial charge in [-0.1, -0.05) is 11.6 Å². The molecular formula is C18H17BrClNO3. The Balaban J connectivity index is 2.00. The van der Waals surface area contributed by atoms with Crippen molar-refractivity contribution >= 4 is 44.9 Å². The zero-order valence-corrected chi connectivity index (χ0v) is 15.9. The van der Waals surface area contributed by atoms with Crippen molar-refractivity contribution in [3.63, 3.8) is 0 Å². The molecule has 0 atom stereocenters. The van der Waals surface area contributed by atoms with Gasteiger partial charge in [-0.25, -0.2) is 0 Å². The molecule has 24 heavy (non-hydrogen) atoms. The Labute approximate surface area is 154 Å². The van der Waals surface area contributed by atoms with Crippen molar-refractivity contribution in [2.75, 3.05) is 11.9 Å². The summed E-state index contributed by atoms with van der Waals surface area (Å²) in [4.78, 5) is 23.2. The number of benzene rings is 2. The van der Waals surface area contributed by atoms with E-state index in [0.29, 0.717) is 22.0 Å². The number of carbonyl (C=O) groups is 2. The van der Waals surface area contributed by atoms with Crippen molar-refractivity contribution in [3.05, 3.63) is 56.5 Å². The Hall–Kier alpha value is -1.85. The highest BCUT2D eigenvalue weighted by molar-refractivity contribution is 9.10. The maximum Gasteiger partial charge on any atom is 0.262 e. The number of amides is 1. The predicted molar refractivity (Wildman–Crippen MR) is 99.2 cm³/mol. The summed E-state index contributed by atoms with van der Waals surface area (Å²) in [6.07, 6.45) is 0. The van der Waals surface area contributed by atoms with Gasteiger partial charge in [0.1, 0.15) is 5.75 Å². The first-order chi connectivity index (χ1) is 11.3. The van der Waals surface area contributed by atoms with E-state index < -0.39 is 0 Å². The summed E-state index contributed by atoms with van der Waals surface area (Å²) in [5.41, 5.74) is 2.95. The van der Waals surface area contributed by atoms with Crippen molar-refractivity contribution < 1.29 is 14.3 Å². The van der Waals surface area contributed by atoms with Crippen LogP contribution in [0.5, 0.6) is 5.75 Å². The lowest BCUT2D eigenvalue weighted by molar-refractivity contribution is -0.118. The standard InChI is InChI=1S/C18H17BrClNO3/c1-10-8-15(17(19)11(2)18(10)20)24-9-16(23)21-14-6-4-13(5-7-14)12(3)22/h4-8H,9H2,1-3H3,(H,21,23). The minimum atomic E-state index is -0.289. The number of Topliss-reactive ketones (excluding diaryl/α,β-unsaturated/α-hetero) is 1. The number of hydrogen-bond acceptors (Lipinski definition) is 3. The first-order valence-electron chi connectivity index (χ1n) is 7.28. The fourth-order valence-corrected chi connectivity index (χ4v) is 2.82. The molecular weight excluding hydrogens is 394 g/mol. The largest absolute Gasteiger partial charge is 0.483 e. The monoisotopic (exact) mass is 409 g/mol. The van der Waals surface area contributed by atoms with Gasteiger partial charge in [0.15, 0.2) is 12.4 Å². The van der Waals surface area contributed by atoms with Crippen LogP contribution in [-0.4, -0.2) is 18.3 Å². The third-order valence-electron chi connectivity index (χ3n) is 3.50. The van der Waals surface area contributed by atoms with E-state index in [1.54, 1.807) is 30.3 Å². The number of nitrogens with one attached hydrogen (secondary N) is 1. The second-order valence-electron chi connectivity index (χ2n) is 5.41. The van der Waals surface area contributed by atoms with Gasteiger partial charge < -0.3 is 10.1 Å². The molecule has 0 aromatic heterocycles. The molecule has 0 fully saturated rings. The van der Waals surface area contributed by atoms with Crippen molar-refractivity contribution in [1.82, 2.24) is 0 Å². The van der Waals surface area contributed by atoms with Gasteiger partial charge in [0, 0.05) is 16.3 Å². The molecule has 0 radical (unpaired) electrons. The Morgan fingerprint density at radius 2 is 1.83 bits per heavy atom. The van der Waals surface area contributed by atoms with E-state index >= 15 is 0 Å². The SMILES string of the molecule is CC(=O)c1ccc(NC(=O)COc2cc(C)c(Cl)c(C)c2Br)cc1. The lowest BCUT2D eigenvalue weighted by Crippen LogP contribution is -2.20. The Kier molecular flexibility index (Phi) is 6.02. The number of rotatable bonds is 5. The van der Waals surface area contributed by atoms with Crippen molar-refractivity contribution in [2.45, 2.75) is 20.8 Å². The summed E-state index contributed by atoms with van der Waals surface area (Å²) in [7, 11) is 0. The molecule has 0 unspecified atom stereocenters. The maximum absolute atomic E-state index is 12.0. The molecule has 2 aromatic rings. The van der Waals surface area contributed by atoms with E-state index in [-0.39, 0.29) is 18.3 Å². The van der Waals surface area contributed by atoms with E-state index in [9.17, 15) is 9.59 Å². The van der Waals surface area contributed by atoms with Crippen LogP contribution in [0.2, 0.25) is 5.02 Å². The molecule has 126 valence electrons. The Bertz CT molecular complexity index is 788. The number of ketones is 1. The van der Waals surface area contributed by atoms with Crippen LogP contribution in [-0.2, 0) is 4.79 Å². The van der Waals surface area contributed by atoms with Gasteiger partial charge in [0.25, 0.3) is 5.91 Å². The predicted octanol–water partition coefficient (Wildman–Crippen LogP) is 4.94. The topological polar surface area (TPSA) is 55.4 Å². The van der Waals surface area contributed by atoms with E-state index in [0.717, 1.165) is 15.6 Å². The molecule has 0 saturated carbocycles. The van der Waals surface area contributed by atoms with Crippen LogP contribution in [0.15, 0.2) is 34.8 Å². The smallest absolute Gasteiger partial charge is 0.262 e. The highest BCUT2D eigenvalue weighted by Gasteiger charge is 2.12. The molecule has 1 N–H and O–H groups in total. The minimum absolute atomic E-state index is 0.0189. The van der Waals surface area contributed by atoms with Crippen molar-refractivity contribution in [3.8, 4) is 5.75 Å². The van der Waals surface area contributed by atoms with Gasteiger partial charge in [-0.15, -0.1) is 0 Å². The van der Waals surface area contributed by atoms with Gasteiger partial charge in [0.05, 0.1) is 4.47 Å². The fraction of sp³-hybridized carbons (Fsp3) is 0.222. The zero-order chi connectivity index (χ0) is 17.9. The van der Waals surface area contributed by atoms with Gasteiger partial charge in [-0.2, -0.15) is 0 Å². The lowest BCUT2D eigenvalue weighted by Gasteiger charge is -2.13. The fourth-order valence-electron chi connectivity index (χ4n) is 2.13. The molecule has 6 heteroatoms. The number of ether oxygens (including phenoxy) is 1. The summed E-state index contributed by atoms with van der Waals surface area (Å²) >= 11 is 9.60. The molecule has 0 spiro atoms. The molecule has 2 aromatic carbocycles. The van der Waals surface area contributed by atoms with Crippen LogP contribution in [0.25, 0.3) is 0 Å². The van der Waals surface area contributed by atoms with Gasteiger partial charge >= 0.3 is 0 Å². The molecule has 0 heterocycles. The molecule has 0 aliphatic heterocycles. The summed E-state index contributed by atoms with van der Waals surface area (Å²) in [6.45, 7) is 5.12. The van der Waals surface area contributed by atoms with E-state index in [1.807, 2.05) is 13.8 Å². The summed E-state index contributed by atoms with van der Waals surface area (Å²) in [5.74, 6) is 0.258. The van der Waals surface area contributed by atoms with E-state index in [2.05, 4.69) is 21.2 Å². The molecule has 0 aliphatic rings. The molecule has 4 nitrogen and oxygen atoms in total. The zero-order valence-electron chi connectivity index (χ0n) is 13.6. The number of anilines is 1. The number of halogens is 2. The number of hydrogen-bond donors (Lipinski definition) is 1. The van der Waals surface area contributed by atoms with Gasteiger partial charge in [-0.3, -0.25) is 9.59 Å². The molecule has 2 rings (SSSR count). The first-order valence-corrected chi connectivity index (χ1v) is 8.45. The van der Waals surface area contributed by atoms with Crippen LogP contribution >= 0.6 is 27.5 Å². The van der Waals surface area contributed by atoms with Gasteiger partial charge in [-0.05, 0) is 78.2 Å². The quantitative estimate of drug-likeness (QED) is 0.710. The number of aryl methyl sites for hydroxylation is 1. The highest BCUT2D eigenvalue weighted by Crippen LogP contribution is 2.35. The Morgan fingerprint density at radius 3 is 2.42 bits per heavy atom. The third-order valence-corrected chi connectivity index (χ3v) is 5.07. The summed E-state index contributed by atoms with van der Waals surface area (Å²) in [6, 6.07) is 8.49. The average molecular weight is 411 g/mol. The van der Waals surface area contributed by atoms with Gasteiger partial charge in [0.2, 0.25) is 0 Å². The second-order valence-corrected chi connectivity index (χ2v) is 6.59. The van der Waals surface area contributed by atoms with Crippen LogP contribution in [0.4, 0.5) is 5.69 Å². The molecule has 0 saturated heterocycles. The lowest BCUT2D eigenvalue weighted by atomic mass is 10.1. The van der Waals surface area contributed by atoms with Crippen LogP contribution < -0.4 is 10.1 Å². The summed E-state index contributed by atoms with van der Waals surface area (Å²) in [5, 5.41) is 3.39. The van der Waals surface area contributed by atoms with E-state index in [4.69, 9.17) is 16.3 Å². The van der Waals surface area contributed by atoms with Crippen LogP contribution in [0.3, 0.4) is 0 Å². The van der Waals surface area contributed by atoms with Crippen LogP contribution in [0.1, 0.15) is 28.4 Å². The maximum atomic E-state index is 12.0. The molecule has 0 aliphatic carbocycles. The first kappa shape index (κ1) is 18.5. The van der Waals surface area contributed by atoms with Crippen LogP contribution in [0, 0.1) is 13.8 Å². The minimum Gasteiger partial charge on any atom is -0.483 e. The molecule has 1 amide bonds. The second kappa shape index (κ2) is 7.81. The summed E-state index contributed by atoms with van der Waals surface area (Å²) < 4.78 is 6.31. The molecule has 0 bridgehead atoms. The average Bonchev–Trinajstić information content (AvgIpc) is 2.55.